The Hall–Kier alpha value is -2.42. The minimum absolute atomic E-state index is 0.310. The second-order valence-electron chi connectivity index (χ2n) is 4.73. The lowest BCUT2D eigenvalue weighted by atomic mass is 10.3. The van der Waals surface area contributed by atoms with E-state index in [1.54, 1.807) is 41.7 Å². The Labute approximate surface area is 134 Å². The van der Waals surface area contributed by atoms with Crippen LogP contribution in [-0.2, 0) is 6.67 Å². The molecule has 114 valence electrons. The molecule has 8 nitrogen and oxygen atoms in total. The highest BCUT2D eigenvalue weighted by Gasteiger charge is 2.15. The van der Waals surface area contributed by atoms with Gasteiger partial charge in [0.15, 0.2) is 11.5 Å². The highest BCUT2D eigenvalue weighted by Crippen LogP contribution is 2.19. The highest BCUT2D eigenvalue weighted by atomic mass is 79.9. The zero-order chi connectivity index (χ0) is 15.7. The van der Waals surface area contributed by atoms with Gasteiger partial charge in [-0.15, -0.1) is 0 Å². The lowest BCUT2D eigenvalue weighted by Crippen LogP contribution is -2.15. The number of anilines is 1. The molecule has 1 amide bonds. The summed E-state index contributed by atoms with van der Waals surface area (Å²) in [4.78, 5) is 12.2. The lowest BCUT2D eigenvalue weighted by molar-refractivity contribution is 0.102. The van der Waals surface area contributed by atoms with Crippen molar-refractivity contribution in [2.45, 2.75) is 20.5 Å². The van der Waals surface area contributed by atoms with Gasteiger partial charge in [-0.3, -0.25) is 9.48 Å². The molecule has 0 aliphatic heterocycles. The largest absolute Gasteiger partial charge is 0.359 e. The maximum Gasteiger partial charge on any atom is 0.276 e. The monoisotopic (exact) mass is 364 g/mol. The van der Waals surface area contributed by atoms with Crippen molar-refractivity contribution in [3.8, 4) is 0 Å². The van der Waals surface area contributed by atoms with Crippen LogP contribution in [0.4, 0.5) is 5.69 Å². The molecule has 0 atom stereocenters. The summed E-state index contributed by atoms with van der Waals surface area (Å²) in [5.41, 5.74) is 1.52. The van der Waals surface area contributed by atoms with E-state index in [0.29, 0.717) is 29.5 Å². The van der Waals surface area contributed by atoms with Gasteiger partial charge < -0.3 is 9.84 Å². The molecule has 0 unspecified atom stereocenters. The van der Waals surface area contributed by atoms with E-state index in [1.165, 1.54) is 0 Å². The summed E-state index contributed by atoms with van der Waals surface area (Å²) in [6, 6.07) is 1.64. The molecular weight excluding hydrogens is 352 g/mol. The Kier molecular flexibility index (Phi) is 3.80. The summed E-state index contributed by atoms with van der Waals surface area (Å²) in [5, 5.41) is 14.9. The van der Waals surface area contributed by atoms with Gasteiger partial charge in [-0.1, -0.05) is 5.16 Å². The van der Waals surface area contributed by atoms with Gasteiger partial charge in [0.1, 0.15) is 18.1 Å². The van der Waals surface area contributed by atoms with Gasteiger partial charge in [-0.25, -0.2) is 4.68 Å². The SMILES string of the molecule is Cc1noc(C)c1NC(=O)c1ccn(Cn2cc(Br)cn2)n1. The van der Waals surface area contributed by atoms with Crippen LogP contribution in [0.1, 0.15) is 21.9 Å². The van der Waals surface area contributed by atoms with Crippen molar-refractivity contribution in [3.05, 3.63) is 46.3 Å². The molecule has 3 aromatic heterocycles. The molecular formula is C13H13BrN6O2. The third kappa shape index (κ3) is 2.93. The molecule has 0 aromatic carbocycles. The van der Waals surface area contributed by atoms with Crippen molar-refractivity contribution < 1.29 is 9.32 Å². The van der Waals surface area contributed by atoms with Crippen molar-refractivity contribution in [1.29, 1.82) is 0 Å². The number of aryl methyl sites for hydroxylation is 2. The summed E-state index contributed by atoms with van der Waals surface area (Å²) < 4.78 is 9.23. The van der Waals surface area contributed by atoms with E-state index < -0.39 is 0 Å². The molecule has 22 heavy (non-hydrogen) atoms. The molecule has 0 saturated heterocycles. The number of hydrogen-bond acceptors (Lipinski definition) is 5. The summed E-state index contributed by atoms with van der Waals surface area (Å²) in [7, 11) is 0. The molecule has 0 bridgehead atoms. The lowest BCUT2D eigenvalue weighted by Gasteiger charge is -2.02. The minimum atomic E-state index is -0.310. The number of nitrogens with one attached hydrogen (secondary N) is 1. The Balaban J connectivity index is 1.72. The average Bonchev–Trinajstić information content (AvgIpc) is 3.17. The fourth-order valence-corrected chi connectivity index (χ4v) is 2.29. The van der Waals surface area contributed by atoms with Crippen LogP contribution in [0.2, 0.25) is 0 Å². The fourth-order valence-electron chi connectivity index (χ4n) is 1.96. The number of amides is 1. The van der Waals surface area contributed by atoms with E-state index in [1.807, 2.05) is 6.20 Å². The topological polar surface area (TPSA) is 90.8 Å². The molecule has 0 fully saturated rings. The van der Waals surface area contributed by atoms with Crippen LogP contribution < -0.4 is 5.32 Å². The van der Waals surface area contributed by atoms with Crippen LogP contribution in [0.3, 0.4) is 0 Å². The van der Waals surface area contributed by atoms with Gasteiger partial charge in [0.05, 0.1) is 10.7 Å². The number of halogens is 1. The molecule has 3 heterocycles. The Morgan fingerprint density at radius 2 is 2.23 bits per heavy atom. The normalized spacial score (nSPS) is 10.9. The molecule has 0 radical (unpaired) electrons. The summed E-state index contributed by atoms with van der Waals surface area (Å²) in [6.07, 6.45) is 5.23. The van der Waals surface area contributed by atoms with Gasteiger partial charge in [0.2, 0.25) is 0 Å². The van der Waals surface area contributed by atoms with E-state index in [9.17, 15) is 4.79 Å². The van der Waals surface area contributed by atoms with Crippen molar-refractivity contribution in [2.24, 2.45) is 0 Å². The first kappa shape index (κ1) is 14.5. The number of rotatable bonds is 4. The zero-order valence-electron chi connectivity index (χ0n) is 11.9. The predicted octanol–water partition coefficient (Wildman–Crippen LogP) is 2.21. The van der Waals surface area contributed by atoms with E-state index in [2.05, 4.69) is 36.6 Å². The number of hydrogen-bond donors (Lipinski definition) is 1. The molecule has 9 heteroatoms. The Morgan fingerprint density at radius 1 is 1.41 bits per heavy atom. The van der Waals surface area contributed by atoms with Crippen LogP contribution in [-0.4, -0.2) is 30.6 Å². The van der Waals surface area contributed by atoms with E-state index in [0.717, 1.165) is 4.47 Å². The van der Waals surface area contributed by atoms with Crippen molar-refractivity contribution in [3.63, 3.8) is 0 Å². The Bertz CT molecular complexity index is 799. The predicted molar refractivity (Wildman–Crippen MR) is 81.5 cm³/mol. The van der Waals surface area contributed by atoms with E-state index in [-0.39, 0.29) is 5.91 Å². The second-order valence-corrected chi connectivity index (χ2v) is 5.65. The van der Waals surface area contributed by atoms with Gasteiger partial charge in [-0.2, -0.15) is 10.2 Å². The summed E-state index contributed by atoms with van der Waals surface area (Å²) in [6.45, 7) is 3.92. The number of carbonyl (C=O) groups is 1. The third-order valence-electron chi connectivity index (χ3n) is 3.04. The zero-order valence-corrected chi connectivity index (χ0v) is 13.5. The van der Waals surface area contributed by atoms with Gasteiger partial charge in [0, 0.05) is 12.4 Å². The first-order valence-electron chi connectivity index (χ1n) is 6.48. The maximum atomic E-state index is 12.2. The molecule has 0 spiro atoms. The van der Waals surface area contributed by atoms with Crippen molar-refractivity contribution in [1.82, 2.24) is 24.7 Å². The molecule has 0 aliphatic carbocycles. The van der Waals surface area contributed by atoms with Gasteiger partial charge in [0.25, 0.3) is 5.91 Å². The van der Waals surface area contributed by atoms with Gasteiger partial charge >= 0.3 is 0 Å². The van der Waals surface area contributed by atoms with Crippen LogP contribution in [0, 0.1) is 13.8 Å². The third-order valence-corrected chi connectivity index (χ3v) is 3.45. The molecule has 3 aromatic rings. The summed E-state index contributed by atoms with van der Waals surface area (Å²) in [5.74, 6) is 0.251. The fraction of sp³-hybridized carbons (Fsp3) is 0.231. The standard InChI is InChI=1S/C13H13BrN6O2/c1-8-12(9(2)22-18-8)16-13(21)11-3-4-19(17-11)7-20-6-10(14)5-15-20/h3-6H,7H2,1-2H3,(H,16,21). The van der Waals surface area contributed by atoms with Crippen LogP contribution in [0.25, 0.3) is 0 Å². The van der Waals surface area contributed by atoms with Crippen molar-refractivity contribution >= 4 is 27.5 Å². The second kappa shape index (κ2) is 5.76. The highest BCUT2D eigenvalue weighted by molar-refractivity contribution is 9.10. The number of nitrogens with zero attached hydrogens (tertiary/aromatic N) is 5. The molecule has 0 aliphatic rings. The van der Waals surface area contributed by atoms with Gasteiger partial charge in [-0.05, 0) is 35.8 Å². The van der Waals surface area contributed by atoms with Crippen LogP contribution in [0.5, 0.6) is 0 Å². The average molecular weight is 365 g/mol. The summed E-state index contributed by atoms with van der Waals surface area (Å²) >= 11 is 3.33. The smallest absolute Gasteiger partial charge is 0.276 e. The first-order valence-corrected chi connectivity index (χ1v) is 7.28. The number of carbonyl (C=O) groups excluding carboxylic acids is 1. The first-order chi connectivity index (χ1) is 10.5. The molecule has 3 rings (SSSR count). The molecule has 1 N–H and O–H groups in total. The van der Waals surface area contributed by atoms with Crippen LogP contribution in [0.15, 0.2) is 33.7 Å². The quantitative estimate of drug-likeness (QED) is 0.766. The minimum Gasteiger partial charge on any atom is -0.359 e. The molecule has 0 saturated carbocycles. The maximum absolute atomic E-state index is 12.2. The van der Waals surface area contributed by atoms with Crippen molar-refractivity contribution in [2.75, 3.05) is 5.32 Å². The number of aromatic nitrogens is 5. The van der Waals surface area contributed by atoms with E-state index in [4.69, 9.17) is 4.52 Å². The van der Waals surface area contributed by atoms with E-state index >= 15 is 0 Å². The Morgan fingerprint density at radius 3 is 2.86 bits per heavy atom. The van der Waals surface area contributed by atoms with Crippen LogP contribution >= 0.6 is 15.9 Å².